The molecule has 4 nitrogen and oxygen atoms in total. The van der Waals surface area contributed by atoms with Crippen LogP contribution < -0.4 is 5.32 Å². The summed E-state index contributed by atoms with van der Waals surface area (Å²) in [6, 6.07) is 0. The van der Waals surface area contributed by atoms with Crippen molar-refractivity contribution in [1.29, 1.82) is 0 Å². The molecule has 0 saturated heterocycles. The highest BCUT2D eigenvalue weighted by Gasteiger charge is 2.20. The fraction of sp³-hybridized carbons (Fsp3) is 0.875. The van der Waals surface area contributed by atoms with Crippen molar-refractivity contribution < 1.29 is 4.42 Å². The molecule has 20 heavy (non-hydrogen) atoms. The number of aromatic nitrogens is 2. The molecule has 1 heterocycles. The van der Waals surface area contributed by atoms with Crippen LogP contribution in [0.2, 0.25) is 0 Å². The molecule has 1 saturated carbocycles. The lowest BCUT2D eigenvalue weighted by atomic mass is 10.0. The average Bonchev–Trinajstić information content (AvgIpc) is 2.67. The Morgan fingerprint density at radius 3 is 2.45 bits per heavy atom. The molecule has 0 spiro atoms. The van der Waals surface area contributed by atoms with Crippen molar-refractivity contribution in [3.8, 4) is 0 Å². The van der Waals surface area contributed by atoms with Gasteiger partial charge in [-0.15, -0.1) is 10.2 Å². The summed E-state index contributed by atoms with van der Waals surface area (Å²) >= 11 is 0. The summed E-state index contributed by atoms with van der Waals surface area (Å²) in [7, 11) is 0. The van der Waals surface area contributed by atoms with Gasteiger partial charge in [0, 0.05) is 17.9 Å². The molecule has 1 aliphatic rings. The van der Waals surface area contributed by atoms with E-state index in [1.807, 2.05) is 0 Å². The van der Waals surface area contributed by atoms with E-state index in [0.717, 1.165) is 31.2 Å². The zero-order chi connectivity index (χ0) is 14.4. The Balaban J connectivity index is 1.77. The number of aryl methyl sites for hydroxylation is 1. The molecule has 0 amide bonds. The fourth-order valence-electron chi connectivity index (χ4n) is 2.76. The third kappa shape index (κ3) is 5.23. The Hall–Kier alpha value is -0.900. The Bertz CT molecular complexity index is 387. The molecule has 1 aliphatic carbocycles. The van der Waals surface area contributed by atoms with E-state index in [9.17, 15) is 0 Å². The second kappa shape index (κ2) is 7.21. The van der Waals surface area contributed by atoms with Crippen molar-refractivity contribution in [2.75, 3.05) is 6.54 Å². The lowest BCUT2D eigenvalue weighted by molar-refractivity contribution is 0.382. The molecule has 0 unspecified atom stereocenters. The highest BCUT2D eigenvalue weighted by Crippen LogP contribution is 2.30. The first-order chi connectivity index (χ1) is 9.54. The summed E-state index contributed by atoms with van der Waals surface area (Å²) in [6.45, 7) is 7.54. The molecule has 1 fully saturated rings. The second-order valence-corrected chi connectivity index (χ2v) is 7.00. The summed E-state index contributed by atoms with van der Waals surface area (Å²) in [5.41, 5.74) is 0.181. The topological polar surface area (TPSA) is 51.0 Å². The van der Waals surface area contributed by atoms with Gasteiger partial charge in [0.2, 0.25) is 11.8 Å². The van der Waals surface area contributed by atoms with E-state index in [4.69, 9.17) is 4.42 Å². The summed E-state index contributed by atoms with van der Waals surface area (Å²) in [5, 5.41) is 12.0. The van der Waals surface area contributed by atoms with Gasteiger partial charge >= 0.3 is 0 Å². The van der Waals surface area contributed by atoms with Crippen LogP contribution in [0.15, 0.2) is 4.42 Å². The van der Waals surface area contributed by atoms with Gasteiger partial charge < -0.3 is 9.73 Å². The molecular weight excluding hydrogens is 250 g/mol. The Kier molecular flexibility index (Phi) is 5.58. The molecule has 1 aromatic heterocycles. The second-order valence-electron chi connectivity index (χ2n) is 7.00. The SMILES string of the molecule is CC(C)(C)NCCCc1nnc(C2CCCCCC2)o1. The quantitative estimate of drug-likeness (QED) is 0.657. The fourth-order valence-corrected chi connectivity index (χ4v) is 2.76. The highest BCUT2D eigenvalue weighted by molar-refractivity contribution is 4.92. The largest absolute Gasteiger partial charge is 0.425 e. The van der Waals surface area contributed by atoms with E-state index in [2.05, 4.69) is 36.3 Å². The van der Waals surface area contributed by atoms with Crippen LogP contribution in [0, 0.1) is 0 Å². The summed E-state index contributed by atoms with van der Waals surface area (Å²) in [5.74, 6) is 2.19. The third-order valence-corrected chi connectivity index (χ3v) is 3.91. The zero-order valence-corrected chi connectivity index (χ0v) is 13.2. The molecule has 2 rings (SSSR count). The van der Waals surface area contributed by atoms with Gasteiger partial charge in [-0.1, -0.05) is 25.7 Å². The lowest BCUT2D eigenvalue weighted by Crippen LogP contribution is -2.36. The van der Waals surface area contributed by atoms with Crippen LogP contribution in [-0.2, 0) is 6.42 Å². The predicted molar refractivity (Wildman–Crippen MR) is 80.8 cm³/mol. The molecule has 0 bridgehead atoms. The standard InChI is InChI=1S/C16H29N3O/c1-16(2,3)17-12-8-11-14-18-19-15(20-14)13-9-6-4-5-7-10-13/h13,17H,4-12H2,1-3H3. The van der Waals surface area contributed by atoms with Crippen LogP contribution in [0.5, 0.6) is 0 Å². The number of rotatable bonds is 5. The first kappa shape index (κ1) is 15.5. The van der Waals surface area contributed by atoms with Crippen LogP contribution in [0.4, 0.5) is 0 Å². The first-order valence-corrected chi connectivity index (χ1v) is 8.12. The van der Waals surface area contributed by atoms with Gasteiger partial charge in [0.05, 0.1) is 0 Å². The molecular formula is C16H29N3O. The van der Waals surface area contributed by atoms with Gasteiger partial charge in [-0.2, -0.15) is 0 Å². The summed E-state index contributed by atoms with van der Waals surface area (Å²) in [4.78, 5) is 0. The van der Waals surface area contributed by atoms with Crippen LogP contribution in [0.3, 0.4) is 0 Å². The maximum absolute atomic E-state index is 5.86. The molecule has 114 valence electrons. The minimum atomic E-state index is 0.181. The van der Waals surface area contributed by atoms with Crippen molar-refractivity contribution in [2.24, 2.45) is 0 Å². The summed E-state index contributed by atoms with van der Waals surface area (Å²) in [6.07, 6.45) is 9.68. The van der Waals surface area contributed by atoms with Gasteiger partial charge in [-0.25, -0.2) is 0 Å². The number of nitrogens with one attached hydrogen (secondary N) is 1. The molecule has 0 aromatic carbocycles. The van der Waals surface area contributed by atoms with Crippen molar-refractivity contribution in [3.63, 3.8) is 0 Å². The molecule has 0 atom stereocenters. The number of hydrogen-bond acceptors (Lipinski definition) is 4. The van der Waals surface area contributed by atoms with Crippen LogP contribution in [0.1, 0.15) is 83.4 Å². The maximum atomic E-state index is 5.86. The van der Waals surface area contributed by atoms with Gasteiger partial charge in [-0.05, 0) is 46.6 Å². The van der Waals surface area contributed by atoms with Crippen LogP contribution in [-0.4, -0.2) is 22.3 Å². The van der Waals surface area contributed by atoms with E-state index in [0.29, 0.717) is 5.92 Å². The van der Waals surface area contributed by atoms with E-state index in [1.165, 1.54) is 38.5 Å². The van der Waals surface area contributed by atoms with Gasteiger partial charge in [0.1, 0.15) is 0 Å². The Morgan fingerprint density at radius 2 is 1.80 bits per heavy atom. The molecule has 0 radical (unpaired) electrons. The van der Waals surface area contributed by atoms with Crippen molar-refractivity contribution in [1.82, 2.24) is 15.5 Å². The summed E-state index contributed by atoms with van der Waals surface area (Å²) < 4.78 is 5.86. The Morgan fingerprint density at radius 1 is 1.10 bits per heavy atom. The molecule has 1 aromatic rings. The van der Waals surface area contributed by atoms with Gasteiger partial charge in [0.15, 0.2) is 0 Å². The van der Waals surface area contributed by atoms with Gasteiger partial charge in [-0.3, -0.25) is 0 Å². The van der Waals surface area contributed by atoms with E-state index >= 15 is 0 Å². The monoisotopic (exact) mass is 279 g/mol. The third-order valence-electron chi connectivity index (χ3n) is 3.91. The highest BCUT2D eigenvalue weighted by atomic mass is 16.4. The van der Waals surface area contributed by atoms with E-state index in [1.54, 1.807) is 0 Å². The predicted octanol–water partition coefficient (Wildman–Crippen LogP) is 3.83. The maximum Gasteiger partial charge on any atom is 0.219 e. The minimum absolute atomic E-state index is 0.181. The average molecular weight is 279 g/mol. The molecule has 4 heteroatoms. The van der Waals surface area contributed by atoms with Crippen LogP contribution in [0.25, 0.3) is 0 Å². The minimum Gasteiger partial charge on any atom is -0.425 e. The van der Waals surface area contributed by atoms with Crippen molar-refractivity contribution >= 4 is 0 Å². The first-order valence-electron chi connectivity index (χ1n) is 8.12. The normalized spacial score (nSPS) is 18.1. The number of hydrogen-bond donors (Lipinski definition) is 1. The van der Waals surface area contributed by atoms with Crippen LogP contribution >= 0.6 is 0 Å². The molecule has 1 N–H and O–H groups in total. The smallest absolute Gasteiger partial charge is 0.219 e. The number of nitrogens with zero attached hydrogens (tertiary/aromatic N) is 2. The van der Waals surface area contributed by atoms with Crippen molar-refractivity contribution in [2.45, 2.75) is 83.6 Å². The zero-order valence-electron chi connectivity index (χ0n) is 13.2. The lowest BCUT2D eigenvalue weighted by Gasteiger charge is -2.19. The van der Waals surface area contributed by atoms with E-state index in [-0.39, 0.29) is 5.54 Å². The van der Waals surface area contributed by atoms with Crippen molar-refractivity contribution in [3.05, 3.63) is 11.8 Å². The van der Waals surface area contributed by atoms with Gasteiger partial charge in [0.25, 0.3) is 0 Å². The Labute approximate surface area is 122 Å². The van der Waals surface area contributed by atoms with E-state index < -0.39 is 0 Å². The molecule has 0 aliphatic heterocycles.